The molecule has 0 aliphatic carbocycles. The van der Waals surface area contributed by atoms with Gasteiger partial charge in [0, 0.05) is 30.3 Å². The third-order valence-corrected chi connectivity index (χ3v) is 4.39. The van der Waals surface area contributed by atoms with Gasteiger partial charge in [-0.25, -0.2) is 0 Å². The molecule has 6 heteroatoms. The van der Waals surface area contributed by atoms with Crippen molar-refractivity contribution in [3.63, 3.8) is 0 Å². The second-order valence-corrected chi connectivity index (χ2v) is 7.07. The zero-order valence-electron chi connectivity index (χ0n) is 15.0. The zero-order chi connectivity index (χ0) is 18.6. The number of nitrogens with one attached hydrogen (secondary N) is 1. The van der Waals surface area contributed by atoms with Crippen LogP contribution in [0.1, 0.15) is 55.5 Å². The molecule has 0 saturated carbocycles. The Morgan fingerprint density at radius 3 is 2.64 bits per heavy atom. The largest absolute Gasteiger partial charge is 0.481 e. The number of aliphatic carboxylic acids is 1. The average molecular weight is 346 g/mol. The van der Waals surface area contributed by atoms with Gasteiger partial charge in [-0.1, -0.05) is 13.8 Å². The normalized spacial score (nSPS) is 17.0. The minimum atomic E-state index is -0.885. The number of likely N-dealkylation sites (tertiary alicyclic amines) is 1. The molecule has 0 aromatic heterocycles. The number of rotatable bonds is 6. The van der Waals surface area contributed by atoms with Crippen LogP contribution < -0.4 is 5.32 Å². The van der Waals surface area contributed by atoms with Crippen LogP contribution in [0.2, 0.25) is 0 Å². The first kappa shape index (κ1) is 19.0. The number of aryl methyl sites for hydroxylation is 1. The standard InChI is InChI=1S/C19H26N2O4/c1-12(2)9-17(22)20-16-7-6-14(10-13(16)3)19(25)21-8-4-5-15(21)11-18(23)24/h6-7,10,12,15H,4-5,8-9,11H2,1-3H3,(H,20,22)(H,23,24). The van der Waals surface area contributed by atoms with E-state index in [9.17, 15) is 14.4 Å². The number of carboxylic acid groups (broad SMARTS) is 1. The summed E-state index contributed by atoms with van der Waals surface area (Å²) >= 11 is 0. The van der Waals surface area contributed by atoms with Gasteiger partial charge >= 0.3 is 5.97 Å². The maximum atomic E-state index is 12.7. The van der Waals surface area contributed by atoms with Gasteiger partial charge in [-0.2, -0.15) is 0 Å². The van der Waals surface area contributed by atoms with Crippen molar-refractivity contribution in [2.45, 2.75) is 52.5 Å². The first-order valence-corrected chi connectivity index (χ1v) is 8.71. The quantitative estimate of drug-likeness (QED) is 0.829. The van der Waals surface area contributed by atoms with Crippen molar-refractivity contribution in [3.8, 4) is 0 Å². The summed E-state index contributed by atoms with van der Waals surface area (Å²) in [6.45, 7) is 6.40. The minimum absolute atomic E-state index is 0.0198. The Labute approximate surface area is 148 Å². The lowest BCUT2D eigenvalue weighted by Crippen LogP contribution is -2.36. The second-order valence-electron chi connectivity index (χ2n) is 7.07. The van der Waals surface area contributed by atoms with Gasteiger partial charge in [0.05, 0.1) is 6.42 Å². The van der Waals surface area contributed by atoms with E-state index in [2.05, 4.69) is 5.32 Å². The summed E-state index contributed by atoms with van der Waals surface area (Å²) < 4.78 is 0. The van der Waals surface area contributed by atoms with E-state index in [0.29, 0.717) is 24.2 Å². The molecule has 1 fully saturated rings. The van der Waals surface area contributed by atoms with Gasteiger partial charge in [0.2, 0.25) is 5.91 Å². The molecule has 136 valence electrons. The predicted molar refractivity (Wildman–Crippen MR) is 95.6 cm³/mol. The fourth-order valence-electron chi connectivity index (χ4n) is 3.19. The number of nitrogens with zero attached hydrogens (tertiary/aromatic N) is 1. The Hall–Kier alpha value is -2.37. The Kier molecular flexibility index (Phi) is 6.17. The number of anilines is 1. The van der Waals surface area contributed by atoms with E-state index in [1.165, 1.54) is 0 Å². The second kappa shape index (κ2) is 8.14. The van der Waals surface area contributed by atoms with Crippen molar-refractivity contribution < 1.29 is 19.5 Å². The maximum Gasteiger partial charge on any atom is 0.305 e. The number of hydrogen-bond acceptors (Lipinski definition) is 3. The van der Waals surface area contributed by atoms with Gasteiger partial charge < -0.3 is 15.3 Å². The molecule has 2 rings (SSSR count). The summed E-state index contributed by atoms with van der Waals surface area (Å²) in [7, 11) is 0. The van der Waals surface area contributed by atoms with E-state index >= 15 is 0 Å². The van der Waals surface area contributed by atoms with E-state index < -0.39 is 5.97 Å². The minimum Gasteiger partial charge on any atom is -0.481 e. The van der Waals surface area contributed by atoms with Gasteiger partial charge in [0.1, 0.15) is 0 Å². The van der Waals surface area contributed by atoms with Crippen LogP contribution in [0.4, 0.5) is 5.69 Å². The van der Waals surface area contributed by atoms with Crippen LogP contribution in [0.3, 0.4) is 0 Å². The Morgan fingerprint density at radius 2 is 2.04 bits per heavy atom. The molecule has 1 heterocycles. The van der Waals surface area contributed by atoms with Gasteiger partial charge in [-0.05, 0) is 49.4 Å². The highest BCUT2D eigenvalue weighted by molar-refractivity contribution is 5.97. The molecule has 0 spiro atoms. The zero-order valence-corrected chi connectivity index (χ0v) is 15.0. The smallest absolute Gasteiger partial charge is 0.305 e. The van der Waals surface area contributed by atoms with Crippen LogP contribution in [0.15, 0.2) is 18.2 Å². The number of carbonyl (C=O) groups excluding carboxylic acids is 2. The first-order chi connectivity index (χ1) is 11.8. The number of carboxylic acids is 1. The molecule has 1 saturated heterocycles. The van der Waals surface area contributed by atoms with Crippen molar-refractivity contribution in [1.82, 2.24) is 4.90 Å². The summed E-state index contributed by atoms with van der Waals surface area (Å²) in [5.74, 6) is -0.795. The first-order valence-electron chi connectivity index (χ1n) is 8.71. The monoisotopic (exact) mass is 346 g/mol. The molecule has 0 bridgehead atoms. The maximum absolute atomic E-state index is 12.7. The van der Waals surface area contributed by atoms with Crippen LogP contribution >= 0.6 is 0 Å². The fraction of sp³-hybridized carbons (Fsp3) is 0.526. The number of carbonyl (C=O) groups is 3. The molecule has 2 amide bonds. The van der Waals surface area contributed by atoms with E-state index in [1.807, 2.05) is 20.8 Å². The predicted octanol–water partition coefficient (Wildman–Crippen LogP) is 3.06. The van der Waals surface area contributed by atoms with Crippen LogP contribution in [0.5, 0.6) is 0 Å². The van der Waals surface area contributed by atoms with E-state index in [-0.39, 0.29) is 30.2 Å². The molecular formula is C19H26N2O4. The molecule has 1 aliphatic heterocycles. The van der Waals surface area contributed by atoms with Gasteiger partial charge in [-0.3, -0.25) is 14.4 Å². The molecule has 6 nitrogen and oxygen atoms in total. The van der Waals surface area contributed by atoms with Gasteiger partial charge in [0.25, 0.3) is 5.91 Å². The lowest BCUT2D eigenvalue weighted by atomic mass is 10.1. The highest BCUT2D eigenvalue weighted by Gasteiger charge is 2.31. The van der Waals surface area contributed by atoms with Crippen molar-refractivity contribution in [3.05, 3.63) is 29.3 Å². The van der Waals surface area contributed by atoms with Crippen LogP contribution in [-0.4, -0.2) is 40.4 Å². The molecule has 1 unspecified atom stereocenters. The van der Waals surface area contributed by atoms with Gasteiger partial charge in [-0.15, -0.1) is 0 Å². The van der Waals surface area contributed by atoms with Crippen molar-refractivity contribution in [1.29, 1.82) is 0 Å². The summed E-state index contributed by atoms with van der Waals surface area (Å²) in [6, 6.07) is 4.94. The molecule has 1 aromatic rings. The lowest BCUT2D eigenvalue weighted by molar-refractivity contribution is -0.138. The van der Waals surface area contributed by atoms with Crippen LogP contribution in [0.25, 0.3) is 0 Å². The topological polar surface area (TPSA) is 86.7 Å². The highest BCUT2D eigenvalue weighted by Crippen LogP contribution is 2.24. The SMILES string of the molecule is Cc1cc(C(=O)N2CCCC2CC(=O)O)ccc1NC(=O)CC(C)C. The number of hydrogen-bond donors (Lipinski definition) is 2. The molecule has 2 N–H and O–H groups in total. The summed E-state index contributed by atoms with van der Waals surface area (Å²) in [4.78, 5) is 37.2. The fourth-order valence-corrected chi connectivity index (χ4v) is 3.19. The molecule has 1 aromatic carbocycles. The summed E-state index contributed by atoms with van der Waals surface area (Å²) in [5, 5.41) is 11.9. The van der Waals surface area contributed by atoms with Gasteiger partial charge in [0.15, 0.2) is 0 Å². The molecule has 25 heavy (non-hydrogen) atoms. The number of benzene rings is 1. The van der Waals surface area contributed by atoms with Crippen LogP contribution in [0, 0.1) is 12.8 Å². The molecular weight excluding hydrogens is 320 g/mol. The van der Waals surface area contributed by atoms with Crippen LogP contribution in [-0.2, 0) is 9.59 Å². The molecule has 1 atom stereocenters. The molecule has 1 aliphatic rings. The van der Waals surface area contributed by atoms with E-state index in [1.54, 1.807) is 23.1 Å². The third kappa shape index (κ3) is 5.05. The average Bonchev–Trinajstić information content (AvgIpc) is 2.95. The molecule has 0 radical (unpaired) electrons. The Morgan fingerprint density at radius 1 is 1.32 bits per heavy atom. The van der Waals surface area contributed by atoms with Crippen molar-refractivity contribution in [2.75, 3.05) is 11.9 Å². The Balaban J connectivity index is 2.10. The van der Waals surface area contributed by atoms with E-state index in [0.717, 1.165) is 18.4 Å². The lowest BCUT2D eigenvalue weighted by Gasteiger charge is -2.24. The third-order valence-electron chi connectivity index (χ3n) is 4.39. The summed E-state index contributed by atoms with van der Waals surface area (Å²) in [5.41, 5.74) is 2.04. The number of amides is 2. The summed E-state index contributed by atoms with van der Waals surface area (Å²) in [6.07, 6.45) is 1.98. The van der Waals surface area contributed by atoms with Crippen molar-refractivity contribution in [2.24, 2.45) is 5.92 Å². The van der Waals surface area contributed by atoms with E-state index in [4.69, 9.17) is 5.11 Å². The highest BCUT2D eigenvalue weighted by atomic mass is 16.4. The Bertz CT molecular complexity index is 669. The van der Waals surface area contributed by atoms with Crippen molar-refractivity contribution >= 4 is 23.5 Å².